The smallest absolute Gasteiger partial charge is 0.145 e. The van der Waals surface area contributed by atoms with Crippen LogP contribution in [-0.4, -0.2) is 39.2 Å². The fourth-order valence-corrected chi connectivity index (χ4v) is 3.74. The van der Waals surface area contributed by atoms with Gasteiger partial charge in [-0.2, -0.15) is 0 Å². The molecule has 1 unspecified atom stereocenters. The molecule has 4 rings (SSSR count). The summed E-state index contributed by atoms with van der Waals surface area (Å²) in [6.45, 7) is 4.35. The zero-order valence-corrected chi connectivity index (χ0v) is 15.7. The van der Waals surface area contributed by atoms with E-state index >= 15 is 0 Å². The SMILES string of the molecule is Cc1ccc(CNc2nc(CN3CCCCC3CO)nc3ccccc23)o1. The summed E-state index contributed by atoms with van der Waals surface area (Å²) in [5.74, 6) is 3.39. The molecule has 0 radical (unpaired) electrons. The van der Waals surface area contributed by atoms with Gasteiger partial charge in [0.05, 0.1) is 25.2 Å². The minimum Gasteiger partial charge on any atom is -0.465 e. The average Bonchev–Trinajstić information content (AvgIpc) is 3.12. The third-order valence-electron chi connectivity index (χ3n) is 5.18. The topological polar surface area (TPSA) is 74.4 Å². The van der Waals surface area contributed by atoms with E-state index in [0.717, 1.165) is 53.5 Å². The number of hydrogen-bond donors (Lipinski definition) is 2. The van der Waals surface area contributed by atoms with Gasteiger partial charge in [-0.3, -0.25) is 4.90 Å². The van der Waals surface area contributed by atoms with Gasteiger partial charge in [0, 0.05) is 11.4 Å². The highest BCUT2D eigenvalue weighted by Crippen LogP contribution is 2.23. The van der Waals surface area contributed by atoms with Crippen LogP contribution in [0.1, 0.15) is 36.6 Å². The normalized spacial score (nSPS) is 18.1. The number of nitrogens with zero attached hydrogens (tertiary/aromatic N) is 3. The molecule has 2 N–H and O–H groups in total. The number of aliphatic hydroxyl groups excluding tert-OH is 1. The fourth-order valence-electron chi connectivity index (χ4n) is 3.74. The predicted octanol–water partition coefficient (Wildman–Crippen LogP) is 3.49. The highest BCUT2D eigenvalue weighted by Gasteiger charge is 2.23. The molecule has 142 valence electrons. The van der Waals surface area contributed by atoms with Crippen LogP contribution in [-0.2, 0) is 13.1 Å². The predicted molar refractivity (Wildman–Crippen MR) is 105 cm³/mol. The van der Waals surface area contributed by atoms with E-state index in [1.807, 2.05) is 43.3 Å². The van der Waals surface area contributed by atoms with Gasteiger partial charge in [0.25, 0.3) is 0 Å². The molecule has 0 amide bonds. The second-order valence-electron chi connectivity index (χ2n) is 7.17. The number of aliphatic hydroxyl groups is 1. The Morgan fingerprint density at radius 2 is 2.07 bits per heavy atom. The van der Waals surface area contributed by atoms with Crippen LogP contribution in [0.4, 0.5) is 5.82 Å². The highest BCUT2D eigenvalue weighted by atomic mass is 16.3. The summed E-state index contributed by atoms with van der Waals surface area (Å²) in [4.78, 5) is 11.9. The third kappa shape index (κ3) is 4.12. The molecular weight excluding hydrogens is 340 g/mol. The van der Waals surface area contributed by atoms with Crippen molar-refractivity contribution in [3.63, 3.8) is 0 Å². The Balaban J connectivity index is 1.59. The highest BCUT2D eigenvalue weighted by molar-refractivity contribution is 5.88. The number of rotatable bonds is 6. The Kier molecular flexibility index (Phi) is 5.36. The Hall–Kier alpha value is -2.44. The van der Waals surface area contributed by atoms with Gasteiger partial charge < -0.3 is 14.8 Å². The Bertz CT molecular complexity index is 908. The van der Waals surface area contributed by atoms with E-state index in [1.54, 1.807) is 0 Å². The number of likely N-dealkylation sites (tertiary alicyclic amines) is 1. The standard InChI is InChI=1S/C21H26N4O2/c1-15-9-10-17(27-15)12-22-21-18-7-2-3-8-19(18)23-20(24-21)13-25-11-5-4-6-16(25)14-26/h2-3,7-10,16,26H,4-6,11-14H2,1H3,(H,22,23,24). The first-order valence-corrected chi connectivity index (χ1v) is 9.62. The van der Waals surface area contributed by atoms with E-state index < -0.39 is 0 Å². The van der Waals surface area contributed by atoms with Crippen molar-refractivity contribution in [2.24, 2.45) is 0 Å². The summed E-state index contributed by atoms with van der Waals surface area (Å²) >= 11 is 0. The molecule has 0 saturated carbocycles. The Morgan fingerprint density at radius 1 is 1.19 bits per heavy atom. The first kappa shape index (κ1) is 17.9. The van der Waals surface area contributed by atoms with Crippen LogP contribution in [0.25, 0.3) is 10.9 Å². The van der Waals surface area contributed by atoms with Crippen LogP contribution in [0.2, 0.25) is 0 Å². The zero-order valence-electron chi connectivity index (χ0n) is 15.7. The second kappa shape index (κ2) is 8.06. The lowest BCUT2D eigenvalue weighted by Crippen LogP contribution is -2.41. The van der Waals surface area contributed by atoms with Gasteiger partial charge in [-0.25, -0.2) is 9.97 Å². The summed E-state index contributed by atoms with van der Waals surface area (Å²) in [7, 11) is 0. The summed E-state index contributed by atoms with van der Waals surface area (Å²) in [6, 6.07) is 12.2. The molecule has 6 nitrogen and oxygen atoms in total. The van der Waals surface area contributed by atoms with Crippen molar-refractivity contribution in [1.29, 1.82) is 0 Å². The summed E-state index contributed by atoms with van der Waals surface area (Å²) in [6.07, 6.45) is 3.37. The molecule has 1 aliphatic heterocycles. The molecule has 3 aromatic rings. The number of piperidine rings is 1. The van der Waals surface area contributed by atoms with E-state index in [0.29, 0.717) is 13.1 Å². The van der Waals surface area contributed by atoms with Gasteiger partial charge in [0.15, 0.2) is 0 Å². The number of fused-ring (bicyclic) bond motifs is 1. The van der Waals surface area contributed by atoms with Gasteiger partial charge in [0.1, 0.15) is 23.2 Å². The molecule has 3 heterocycles. The molecule has 27 heavy (non-hydrogen) atoms. The van der Waals surface area contributed by atoms with E-state index in [2.05, 4.69) is 10.2 Å². The number of hydrogen-bond acceptors (Lipinski definition) is 6. The largest absolute Gasteiger partial charge is 0.465 e. The van der Waals surface area contributed by atoms with E-state index in [1.165, 1.54) is 6.42 Å². The van der Waals surface area contributed by atoms with Crippen LogP contribution in [0.5, 0.6) is 0 Å². The van der Waals surface area contributed by atoms with Crippen molar-refractivity contribution >= 4 is 16.7 Å². The molecule has 2 aromatic heterocycles. The maximum Gasteiger partial charge on any atom is 0.145 e. The number of anilines is 1. The lowest BCUT2D eigenvalue weighted by atomic mass is 10.0. The molecule has 6 heteroatoms. The Morgan fingerprint density at radius 3 is 2.89 bits per heavy atom. The lowest BCUT2D eigenvalue weighted by molar-refractivity contribution is 0.0820. The number of para-hydroxylation sites is 1. The first-order valence-electron chi connectivity index (χ1n) is 9.62. The molecule has 1 atom stereocenters. The number of benzene rings is 1. The van der Waals surface area contributed by atoms with Crippen molar-refractivity contribution in [3.8, 4) is 0 Å². The molecule has 0 spiro atoms. The van der Waals surface area contributed by atoms with Crippen LogP contribution in [0, 0.1) is 6.92 Å². The second-order valence-corrected chi connectivity index (χ2v) is 7.17. The number of aromatic nitrogens is 2. The molecule has 0 aliphatic carbocycles. The summed E-state index contributed by atoms with van der Waals surface area (Å²) < 4.78 is 5.66. The first-order chi connectivity index (χ1) is 13.2. The summed E-state index contributed by atoms with van der Waals surface area (Å²) in [5.41, 5.74) is 0.929. The molecule has 1 aromatic carbocycles. The van der Waals surface area contributed by atoms with Crippen molar-refractivity contribution in [3.05, 3.63) is 53.7 Å². The van der Waals surface area contributed by atoms with Crippen LogP contribution in [0.3, 0.4) is 0 Å². The van der Waals surface area contributed by atoms with Gasteiger partial charge in [-0.05, 0) is 50.6 Å². The minimum absolute atomic E-state index is 0.191. The van der Waals surface area contributed by atoms with Gasteiger partial charge in [-0.15, -0.1) is 0 Å². The number of nitrogens with one attached hydrogen (secondary N) is 1. The number of aryl methyl sites for hydroxylation is 1. The fraction of sp³-hybridized carbons (Fsp3) is 0.429. The van der Waals surface area contributed by atoms with E-state index in [4.69, 9.17) is 14.4 Å². The minimum atomic E-state index is 0.191. The maximum absolute atomic E-state index is 9.67. The summed E-state index contributed by atoms with van der Waals surface area (Å²) in [5, 5.41) is 14.1. The van der Waals surface area contributed by atoms with Crippen molar-refractivity contribution in [2.75, 3.05) is 18.5 Å². The molecule has 1 aliphatic rings. The van der Waals surface area contributed by atoms with E-state index in [9.17, 15) is 5.11 Å². The van der Waals surface area contributed by atoms with Crippen molar-refractivity contribution in [2.45, 2.75) is 45.3 Å². The van der Waals surface area contributed by atoms with Gasteiger partial charge in [0.2, 0.25) is 0 Å². The molecule has 1 fully saturated rings. The van der Waals surface area contributed by atoms with Gasteiger partial charge >= 0.3 is 0 Å². The molecule has 0 bridgehead atoms. The van der Waals surface area contributed by atoms with E-state index in [-0.39, 0.29) is 12.6 Å². The monoisotopic (exact) mass is 366 g/mol. The average molecular weight is 366 g/mol. The van der Waals surface area contributed by atoms with Crippen molar-refractivity contribution in [1.82, 2.24) is 14.9 Å². The van der Waals surface area contributed by atoms with Crippen LogP contribution < -0.4 is 5.32 Å². The van der Waals surface area contributed by atoms with Crippen LogP contribution >= 0.6 is 0 Å². The van der Waals surface area contributed by atoms with Crippen LogP contribution in [0.15, 0.2) is 40.8 Å². The quantitative estimate of drug-likeness (QED) is 0.696. The maximum atomic E-state index is 9.67. The Labute approximate surface area is 159 Å². The van der Waals surface area contributed by atoms with Crippen molar-refractivity contribution < 1.29 is 9.52 Å². The lowest BCUT2D eigenvalue weighted by Gasteiger charge is -2.34. The number of furan rings is 1. The molecule has 1 saturated heterocycles. The third-order valence-corrected chi connectivity index (χ3v) is 5.18. The van der Waals surface area contributed by atoms with Gasteiger partial charge in [-0.1, -0.05) is 18.6 Å². The molecular formula is C21H26N4O2. The zero-order chi connectivity index (χ0) is 18.6.